The fourth-order valence-electron chi connectivity index (χ4n) is 3.00. The number of benzene rings is 1. The van der Waals surface area contributed by atoms with Gasteiger partial charge in [0.2, 0.25) is 0 Å². The van der Waals surface area contributed by atoms with Gasteiger partial charge in [0.15, 0.2) is 16.3 Å². The summed E-state index contributed by atoms with van der Waals surface area (Å²) < 4.78 is 9.28. The molecular formula is C19H22N4O6S. The van der Waals surface area contributed by atoms with Crippen LogP contribution in [-0.4, -0.2) is 53.3 Å². The number of hydrogen-bond acceptors (Lipinski definition) is 7. The molecule has 0 spiro atoms. The molecule has 2 aromatic heterocycles. The number of para-hydroxylation sites is 1. The zero-order valence-corrected chi connectivity index (χ0v) is 17.5. The fraction of sp³-hybridized carbons (Fsp3) is 0.368. The van der Waals surface area contributed by atoms with Crippen LogP contribution in [0.1, 0.15) is 5.56 Å². The average Bonchev–Trinajstić information content (AvgIpc) is 3.06. The van der Waals surface area contributed by atoms with Gasteiger partial charge >= 0.3 is 11.7 Å². The average molecular weight is 434 g/mol. The monoisotopic (exact) mass is 434 g/mol. The van der Waals surface area contributed by atoms with E-state index in [4.69, 9.17) is 9.84 Å². The molecule has 0 aliphatic heterocycles. The van der Waals surface area contributed by atoms with Gasteiger partial charge < -0.3 is 19.5 Å². The molecule has 3 rings (SSSR count). The van der Waals surface area contributed by atoms with E-state index in [0.29, 0.717) is 5.75 Å². The summed E-state index contributed by atoms with van der Waals surface area (Å²) in [7, 11) is 2.83. The number of aromatic nitrogens is 4. The van der Waals surface area contributed by atoms with Crippen LogP contribution < -0.4 is 16.0 Å². The number of carbonyl (C=O) groups is 1. The normalized spacial score (nSPS) is 12.3. The summed E-state index contributed by atoms with van der Waals surface area (Å²) in [4.78, 5) is 40.2. The van der Waals surface area contributed by atoms with Crippen molar-refractivity contribution in [1.29, 1.82) is 0 Å². The highest BCUT2D eigenvalue weighted by Crippen LogP contribution is 2.22. The molecule has 3 aromatic rings. The molecule has 0 saturated heterocycles. The van der Waals surface area contributed by atoms with E-state index < -0.39 is 23.3 Å². The van der Waals surface area contributed by atoms with Crippen molar-refractivity contribution in [3.05, 3.63) is 50.7 Å². The fourth-order valence-corrected chi connectivity index (χ4v) is 3.73. The van der Waals surface area contributed by atoms with Gasteiger partial charge in [0.05, 0.1) is 12.3 Å². The van der Waals surface area contributed by atoms with Crippen molar-refractivity contribution in [2.24, 2.45) is 14.1 Å². The molecule has 0 aliphatic carbocycles. The van der Waals surface area contributed by atoms with E-state index in [1.54, 1.807) is 6.07 Å². The molecule has 0 amide bonds. The zero-order chi connectivity index (χ0) is 22.0. The highest BCUT2D eigenvalue weighted by Gasteiger charge is 2.22. The van der Waals surface area contributed by atoms with Crippen LogP contribution in [0, 0.1) is 6.92 Å². The maximum absolute atomic E-state index is 12.7. The van der Waals surface area contributed by atoms with Crippen molar-refractivity contribution in [2.45, 2.75) is 24.7 Å². The molecule has 0 bridgehead atoms. The molecule has 2 N–H and O–H groups in total. The third kappa shape index (κ3) is 4.26. The maximum Gasteiger partial charge on any atom is 0.332 e. The number of thioether (sulfide) groups is 1. The lowest BCUT2D eigenvalue weighted by Crippen LogP contribution is -2.38. The van der Waals surface area contributed by atoms with Crippen LogP contribution in [0.2, 0.25) is 0 Å². The van der Waals surface area contributed by atoms with Crippen LogP contribution in [0.3, 0.4) is 0 Å². The van der Waals surface area contributed by atoms with Crippen LogP contribution in [0.5, 0.6) is 5.75 Å². The molecule has 10 nitrogen and oxygen atoms in total. The summed E-state index contributed by atoms with van der Waals surface area (Å²) in [6.45, 7) is 1.79. The first-order chi connectivity index (χ1) is 14.2. The van der Waals surface area contributed by atoms with Crippen LogP contribution in [0.25, 0.3) is 11.2 Å². The van der Waals surface area contributed by atoms with Gasteiger partial charge in [-0.25, -0.2) is 9.78 Å². The van der Waals surface area contributed by atoms with E-state index in [1.165, 1.54) is 23.2 Å². The molecule has 0 saturated carbocycles. The third-order valence-corrected chi connectivity index (χ3v) is 5.52. The van der Waals surface area contributed by atoms with E-state index in [2.05, 4.69) is 4.98 Å². The third-order valence-electron chi connectivity index (χ3n) is 4.56. The van der Waals surface area contributed by atoms with Gasteiger partial charge in [-0.2, -0.15) is 0 Å². The van der Waals surface area contributed by atoms with E-state index in [-0.39, 0.29) is 35.2 Å². The summed E-state index contributed by atoms with van der Waals surface area (Å²) in [6, 6.07) is 7.37. The van der Waals surface area contributed by atoms with Gasteiger partial charge in [-0.15, -0.1) is 0 Å². The van der Waals surface area contributed by atoms with Gasteiger partial charge in [0.25, 0.3) is 5.56 Å². The predicted octanol–water partition coefficient (Wildman–Crippen LogP) is 0.359. The van der Waals surface area contributed by atoms with Crippen LogP contribution >= 0.6 is 11.8 Å². The first kappa shape index (κ1) is 21.7. The lowest BCUT2D eigenvalue weighted by molar-refractivity contribution is -0.133. The number of rotatable bonds is 8. The second-order valence-electron chi connectivity index (χ2n) is 6.80. The molecule has 1 aromatic carbocycles. The first-order valence-corrected chi connectivity index (χ1v) is 10.1. The van der Waals surface area contributed by atoms with Gasteiger partial charge in [-0.05, 0) is 18.6 Å². The molecule has 0 radical (unpaired) electrons. The Balaban J connectivity index is 1.96. The Morgan fingerprint density at radius 2 is 1.93 bits per heavy atom. The highest BCUT2D eigenvalue weighted by atomic mass is 32.2. The Hall–Kier alpha value is -3.05. The summed E-state index contributed by atoms with van der Waals surface area (Å²) in [5.41, 5.74) is 0.0370. The van der Waals surface area contributed by atoms with Crippen LogP contribution in [0.15, 0.2) is 39.0 Å². The van der Waals surface area contributed by atoms with E-state index in [1.807, 2.05) is 25.1 Å². The van der Waals surface area contributed by atoms with Gasteiger partial charge in [0.1, 0.15) is 18.5 Å². The molecule has 0 aliphatic rings. The molecule has 0 unspecified atom stereocenters. The highest BCUT2D eigenvalue weighted by molar-refractivity contribution is 7.99. The van der Waals surface area contributed by atoms with Crippen LogP contribution in [0.4, 0.5) is 0 Å². The Morgan fingerprint density at radius 1 is 1.23 bits per heavy atom. The number of imidazole rings is 1. The minimum Gasteiger partial charge on any atom is -0.491 e. The predicted molar refractivity (Wildman–Crippen MR) is 111 cm³/mol. The standard InChI is InChI=1S/C19H22N4O6S/c1-11-6-4-5-7-13(11)29-9-12(24)8-23-15-16(20-18(23)30-10-14(25)26)21(2)19(28)22(3)17(15)27/h4-7,12,24H,8-10H2,1-3H3,(H,25,26)/t12-/m0/s1. The number of carboxylic acid groups (broad SMARTS) is 1. The molecule has 30 heavy (non-hydrogen) atoms. The van der Waals surface area contributed by atoms with E-state index >= 15 is 0 Å². The summed E-state index contributed by atoms with van der Waals surface area (Å²) in [6.07, 6.45) is -1.01. The Bertz CT molecular complexity index is 1210. The number of aliphatic carboxylic acids is 1. The van der Waals surface area contributed by atoms with E-state index in [9.17, 15) is 19.5 Å². The topological polar surface area (TPSA) is 129 Å². The first-order valence-electron chi connectivity index (χ1n) is 9.08. The van der Waals surface area contributed by atoms with Crippen molar-refractivity contribution >= 4 is 28.9 Å². The number of aryl methyl sites for hydroxylation is 2. The minimum absolute atomic E-state index is 0.0420. The van der Waals surface area contributed by atoms with Crippen molar-refractivity contribution in [1.82, 2.24) is 18.7 Å². The molecular weight excluding hydrogens is 412 g/mol. The van der Waals surface area contributed by atoms with Crippen LogP contribution in [-0.2, 0) is 25.4 Å². The largest absolute Gasteiger partial charge is 0.491 e. The smallest absolute Gasteiger partial charge is 0.332 e. The molecule has 2 heterocycles. The summed E-state index contributed by atoms with van der Waals surface area (Å²) >= 11 is 0.906. The number of carboxylic acids is 1. The van der Waals surface area contributed by atoms with Crippen molar-refractivity contribution in [3.63, 3.8) is 0 Å². The SMILES string of the molecule is Cc1ccccc1OC[C@@H](O)Cn1c(SCC(=O)O)nc2c1c(=O)n(C)c(=O)n2C. The van der Waals surface area contributed by atoms with Crippen molar-refractivity contribution < 1.29 is 19.7 Å². The lowest BCUT2D eigenvalue weighted by Gasteiger charge is -2.16. The molecule has 0 fully saturated rings. The lowest BCUT2D eigenvalue weighted by atomic mass is 10.2. The second-order valence-corrected chi connectivity index (χ2v) is 7.74. The zero-order valence-electron chi connectivity index (χ0n) is 16.7. The van der Waals surface area contributed by atoms with Gasteiger partial charge in [-0.1, -0.05) is 30.0 Å². The molecule has 11 heteroatoms. The quantitative estimate of drug-likeness (QED) is 0.486. The number of hydrogen-bond donors (Lipinski definition) is 2. The Labute approximate surface area is 175 Å². The number of ether oxygens (including phenoxy) is 1. The van der Waals surface area contributed by atoms with Gasteiger partial charge in [-0.3, -0.25) is 18.7 Å². The maximum atomic E-state index is 12.7. The van der Waals surface area contributed by atoms with Crippen molar-refractivity contribution in [2.75, 3.05) is 12.4 Å². The number of nitrogens with zero attached hydrogens (tertiary/aromatic N) is 4. The number of aliphatic hydroxyl groups excluding tert-OH is 1. The number of fused-ring (bicyclic) bond motifs is 1. The Kier molecular flexibility index (Phi) is 6.32. The van der Waals surface area contributed by atoms with Gasteiger partial charge in [0, 0.05) is 14.1 Å². The molecule has 160 valence electrons. The van der Waals surface area contributed by atoms with Crippen molar-refractivity contribution in [3.8, 4) is 5.75 Å². The minimum atomic E-state index is -1.05. The Morgan fingerprint density at radius 3 is 2.60 bits per heavy atom. The molecule has 1 atom stereocenters. The second kappa shape index (κ2) is 8.76. The van der Waals surface area contributed by atoms with E-state index in [0.717, 1.165) is 21.9 Å². The summed E-state index contributed by atoms with van der Waals surface area (Å²) in [5, 5.41) is 19.8. The number of aliphatic hydroxyl groups is 1. The summed E-state index contributed by atoms with van der Waals surface area (Å²) in [5.74, 6) is -0.706.